The van der Waals surface area contributed by atoms with Crippen LogP contribution in [0, 0.1) is 13.8 Å². The summed E-state index contributed by atoms with van der Waals surface area (Å²) in [6.45, 7) is 3.83. The molecule has 2 aromatic carbocycles. The summed E-state index contributed by atoms with van der Waals surface area (Å²) in [5.41, 5.74) is 2.62. The molecule has 0 aliphatic carbocycles. The summed E-state index contributed by atoms with van der Waals surface area (Å²) in [5, 5.41) is 9.09. The fourth-order valence-corrected chi connectivity index (χ4v) is 4.12. The van der Waals surface area contributed by atoms with Crippen molar-refractivity contribution in [3.8, 4) is 0 Å². The summed E-state index contributed by atoms with van der Waals surface area (Å²) in [6.07, 6.45) is -0.162. The molecule has 32 heavy (non-hydrogen) atoms. The van der Waals surface area contributed by atoms with E-state index in [1.165, 1.54) is 0 Å². The van der Waals surface area contributed by atoms with E-state index in [9.17, 15) is 14.4 Å². The number of H-pyrrole nitrogens is 1. The maximum Gasteiger partial charge on any atom is 0.258 e. The maximum absolute atomic E-state index is 13.0. The molecule has 0 unspecified atom stereocenters. The van der Waals surface area contributed by atoms with Crippen LogP contribution < -0.4 is 21.5 Å². The Bertz CT molecular complexity index is 1280. The smallest absolute Gasteiger partial charge is 0.258 e. The molecule has 4 rings (SSSR count). The van der Waals surface area contributed by atoms with Crippen LogP contribution in [0.4, 0.5) is 23.1 Å². The molecule has 10 heteroatoms. The Morgan fingerprint density at radius 1 is 1.09 bits per heavy atom. The SMILES string of the molecule is Cc1ccc(NC(=O)[C@H]2CC(=O)Nc3nc(Nc4cc(Cl)cc(Cl)c4)[nH]c(=O)c32)c(C)c1. The average Bonchev–Trinajstić information content (AvgIpc) is 2.68. The minimum absolute atomic E-state index is 0.0291. The highest BCUT2D eigenvalue weighted by atomic mass is 35.5. The first-order valence-corrected chi connectivity index (χ1v) is 10.5. The second-order valence-electron chi connectivity index (χ2n) is 7.57. The fourth-order valence-electron chi connectivity index (χ4n) is 3.59. The molecule has 1 aliphatic rings. The number of carbonyl (C=O) groups is 2. The second kappa shape index (κ2) is 8.64. The van der Waals surface area contributed by atoms with Gasteiger partial charge in [-0.2, -0.15) is 4.98 Å². The molecule has 0 saturated heterocycles. The number of halogens is 2. The standard InChI is InChI=1S/C22H19Cl2N5O3/c1-10-3-4-16(11(2)5-10)26-20(31)15-9-17(30)27-19-18(15)21(32)29-22(28-19)25-14-7-12(23)6-13(24)8-14/h3-8,15H,9H2,1-2H3,(H,26,31)(H3,25,27,28,29,30,32)/t15-/m0/s1. The number of amides is 2. The van der Waals surface area contributed by atoms with Crippen LogP contribution in [-0.4, -0.2) is 21.8 Å². The number of anilines is 4. The molecule has 2 heterocycles. The number of aromatic nitrogens is 2. The number of fused-ring (bicyclic) bond motifs is 1. The van der Waals surface area contributed by atoms with Gasteiger partial charge in [-0.25, -0.2) is 0 Å². The largest absolute Gasteiger partial charge is 0.326 e. The Morgan fingerprint density at radius 3 is 2.50 bits per heavy atom. The van der Waals surface area contributed by atoms with E-state index in [4.69, 9.17) is 23.2 Å². The van der Waals surface area contributed by atoms with Gasteiger partial charge >= 0.3 is 0 Å². The van der Waals surface area contributed by atoms with Crippen LogP contribution in [0.3, 0.4) is 0 Å². The van der Waals surface area contributed by atoms with Gasteiger partial charge in [0.15, 0.2) is 0 Å². The highest BCUT2D eigenvalue weighted by Crippen LogP contribution is 2.31. The molecule has 4 N–H and O–H groups in total. The number of hydrogen-bond acceptors (Lipinski definition) is 5. The molecule has 164 valence electrons. The van der Waals surface area contributed by atoms with Gasteiger partial charge < -0.3 is 16.0 Å². The van der Waals surface area contributed by atoms with Crippen LogP contribution in [0.25, 0.3) is 0 Å². The summed E-state index contributed by atoms with van der Waals surface area (Å²) in [7, 11) is 0. The topological polar surface area (TPSA) is 116 Å². The number of nitrogens with zero attached hydrogens (tertiary/aromatic N) is 1. The first-order valence-electron chi connectivity index (χ1n) is 9.75. The third kappa shape index (κ3) is 4.61. The molecule has 0 saturated carbocycles. The molecule has 1 atom stereocenters. The molecule has 0 fully saturated rings. The third-order valence-electron chi connectivity index (χ3n) is 5.03. The average molecular weight is 472 g/mol. The van der Waals surface area contributed by atoms with Crippen LogP contribution >= 0.6 is 23.2 Å². The van der Waals surface area contributed by atoms with Gasteiger partial charge in [0.2, 0.25) is 17.8 Å². The van der Waals surface area contributed by atoms with Crippen molar-refractivity contribution in [1.82, 2.24) is 9.97 Å². The second-order valence-corrected chi connectivity index (χ2v) is 8.45. The predicted molar refractivity (Wildman–Crippen MR) is 125 cm³/mol. The molecule has 0 bridgehead atoms. The van der Waals surface area contributed by atoms with E-state index in [1.807, 2.05) is 26.0 Å². The number of aryl methyl sites for hydroxylation is 2. The van der Waals surface area contributed by atoms with Gasteiger partial charge in [-0.05, 0) is 43.7 Å². The van der Waals surface area contributed by atoms with E-state index < -0.39 is 23.3 Å². The number of hydrogen-bond donors (Lipinski definition) is 4. The van der Waals surface area contributed by atoms with Crippen molar-refractivity contribution < 1.29 is 9.59 Å². The van der Waals surface area contributed by atoms with Crippen LogP contribution in [0.15, 0.2) is 41.2 Å². The zero-order valence-electron chi connectivity index (χ0n) is 17.2. The van der Waals surface area contributed by atoms with Crippen molar-refractivity contribution in [1.29, 1.82) is 0 Å². The molecular formula is C22H19Cl2N5O3. The minimum Gasteiger partial charge on any atom is -0.326 e. The highest BCUT2D eigenvalue weighted by Gasteiger charge is 2.35. The van der Waals surface area contributed by atoms with Gasteiger partial charge in [0.05, 0.1) is 11.5 Å². The Labute approximate surface area is 193 Å². The van der Waals surface area contributed by atoms with E-state index in [0.717, 1.165) is 11.1 Å². The Kier molecular flexibility index (Phi) is 5.90. The Morgan fingerprint density at radius 2 is 1.81 bits per heavy atom. The van der Waals surface area contributed by atoms with E-state index in [2.05, 4.69) is 25.9 Å². The van der Waals surface area contributed by atoms with Crippen molar-refractivity contribution in [3.63, 3.8) is 0 Å². The zero-order valence-corrected chi connectivity index (χ0v) is 18.7. The number of nitrogens with one attached hydrogen (secondary N) is 4. The lowest BCUT2D eigenvalue weighted by Gasteiger charge is -2.24. The molecule has 1 aliphatic heterocycles. The van der Waals surface area contributed by atoms with Gasteiger partial charge in [0.1, 0.15) is 5.82 Å². The minimum atomic E-state index is -0.981. The number of benzene rings is 2. The van der Waals surface area contributed by atoms with Crippen molar-refractivity contribution in [2.75, 3.05) is 16.0 Å². The quantitative estimate of drug-likeness (QED) is 0.446. The Hall–Kier alpha value is -3.36. The van der Waals surface area contributed by atoms with Crippen LogP contribution in [-0.2, 0) is 9.59 Å². The van der Waals surface area contributed by atoms with Crippen LogP contribution in [0.5, 0.6) is 0 Å². The molecule has 8 nitrogen and oxygen atoms in total. The van der Waals surface area contributed by atoms with Crippen molar-refractivity contribution in [2.24, 2.45) is 0 Å². The van der Waals surface area contributed by atoms with Crippen LogP contribution in [0.2, 0.25) is 10.0 Å². The van der Waals surface area contributed by atoms with Gasteiger partial charge in [-0.15, -0.1) is 0 Å². The first kappa shape index (κ1) is 21.9. The molecule has 0 spiro atoms. The fraction of sp³-hybridized carbons (Fsp3) is 0.182. The summed E-state index contributed by atoms with van der Waals surface area (Å²) in [6, 6.07) is 10.4. The molecular weight excluding hydrogens is 453 g/mol. The van der Waals surface area contributed by atoms with Crippen molar-refractivity contribution in [3.05, 3.63) is 73.5 Å². The van der Waals surface area contributed by atoms with Crippen LogP contribution in [0.1, 0.15) is 29.0 Å². The van der Waals surface area contributed by atoms with E-state index in [1.54, 1.807) is 24.3 Å². The van der Waals surface area contributed by atoms with Gasteiger partial charge in [-0.3, -0.25) is 19.4 Å². The number of aromatic amines is 1. The lowest BCUT2D eigenvalue weighted by molar-refractivity contribution is -0.123. The zero-order chi connectivity index (χ0) is 23.0. The van der Waals surface area contributed by atoms with E-state index >= 15 is 0 Å². The normalized spacial score (nSPS) is 15.0. The van der Waals surface area contributed by atoms with E-state index in [0.29, 0.717) is 21.4 Å². The summed E-state index contributed by atoms with van der Waals surface area (Å²) >= 11 is 12.0. The highest BCUT2D eigenvalue weighted by molar-refractivity contribution is 6.35. The number of rotatable bonds is 4. The molecule has 2 amide bonds. The summed E-state index contributed by atoms with van der Waals surface area (Å²) < 4.78 is 0. The molecule has 3 aromatic rings. The Balaban J connectivity index is 1.65. The number of carbonyl (C=O) groups excluding carboxylic acids is 2. The van der Waals surface area contributed by atoms with Gasteiger partial charge in [0.25, 0.3) is 5.56 Å². The molecule has 1 aromatic heterocycles. The van der Waals surface area contributed by atoms with Crippen molar-refractivity contribution >= 4 is 58.2 Å². The lowest BCUT2D eigenvalue weighted by Crippen LogP contribution is -2.36. The summed E-state index contributed by atoms with van der Waals surface area (Å²) in [5.74, 6) is -1.74. The monoisotopic (exact) mass is 471 g/mol. The van der Waals surface area contributed by atoms with Gasteiger partial charge in [0, 0.05) is 27.8 Å². The summed E-state index contributed by atoms with van der Waals surface area (Å²) in [4.78, 5) is 45.0. The lowest BCUT2D eigenvalue weighted by atomic mass is 9.92. The first-order chi connectivity index (χ1) is 15.2. The van der Waals surface area contributed by atoms with Crippen molar-refractivity contribution in [2.45, 2.75) is 26.2 Å². The van der Waals surface area contributed by atoms with Gasteiger partial charge in [-0.1, -0.05) is 40.9 Å². The predicted octanol–water partition coefficient (Wildman–Crippen LogP) is 4.50. The molecule has 0 radical (unpaired) electrons. The maximum atomic E-state index is 13.0. The third-order valence-corrected chi connectivity index (χ3v) is 5.47. The van der Waals surface area contributed by atoms with E-state index in [-0.39, 0.29) is 23.8 Å².